The lowest BCUT2D eigenvalue weighted by atomic mass is 9.91. The van der Waals surface area contributed by atoms with Crippen molar-refractivity contribution in [3.63, 3.8) is 0 Å². The molecule has 2 N–H and O–H groups in total. The zero-order valence-corrected chi connectivity index (χ0v) is 19.0. The summed E-state index contributed by atoms with van der Waals surface area (Å²) >= 11 is 7.69. The molecule has 1 aliphatic rings. The van der Waals surface area contributed by atoms with Gasteiger partial charge in [0.15, 0.2) is 0 Å². The van der Waals surface area contributed by atoms with E-state index in [0.717, 1.165) is 33.9 Å². The van der Waals surface area contributed by atoms with E-state index < -0.39 is 0 Å². The maximum absolute atomic E-state index is 6.41. The third kappa shape index (κ3) is 5.00. The fourth-order valence-corrected chi connectivity index (χ4v) is 4.10. The van der Waals surface area contributed by atoms with Gasteiger partial charge in [0.05, 0.1) is 0 Å². The Kier molecular flexibility index (Phi) is 8.62. The van der Waals surface area contributed by atoms with Crippen molar-refractivity contribution in [2.45, 2.75) is 52.4 Å². The molecule has 3 heteroatoms. The molecular formula is C25H30ClNS. The van der Waals surface area contributed by atoms with Gasteiger partial charge < -0.3 is 0 Å². The van der Waals surface area contributed by atoms with Gasteiger partial charge in [-0.05, 0) is 97.2 Å². The Morgan fingerprint density at radius 1 is 1.07 bits per heavy atom. The fourth-order valence-electron chi connectivity index (χ4n) is 3.43. The first-order valence-corrected chi connectivity index (χ1v) is 11.1. The summed E-state index contributed by atoms with van der Waals surface area (Å²) in [4.78, 5) is 1.04. The summed E-state index contributed by atoms with van der Waals surface area (Å²) in [6.07, 6.45) is 8.70. The van der Waals surface area contributed by atoms with Crippen molar-refractivity contribution in [3.8, 4) is 0 Å². The second-order valence-electron chi connectivity index (χ2n) is 6.67. The smallest absolute Gasteiger partial charge is 0.0441 e. The van der Waals surface area contributed by atoms with Gasteiger partial charge in [-0.3, -0.25) is 5.14 Å². The minimum absolute atomic E-state index is 0.768. The lowest BCUT2D eigenvalue weighted by Gasteiger charge is -2.14. The molecule has 0 unspecified atom stereocenters. The van der Waals surface area contributed by atoms with Crippen LogP contribution in [0.25, 0.3) is 11.6 Å². The molecule has 2 aromatic carbocycles. The van der Waals surface area contributed by atoms with E-state index in [4.69, 9.17) is 16.7 Å². The van der Waals surface area contributed by atoms with Crippen LogP contribution in [-0.2, 0) is 6.42 Å². The molecule has 1 aliphatic carbocycles. The molecule has 1 nitrogen and oxygen atoms in total. The number of hydrogen-bond donors (Lipinski definition) is 1. The van der Waals surface area contributed by atoms with E-state index >= 15 is 0 Å². The van der Waals surface area contributed by atoms with E-state index in [-0.39, 0.29) is 0 Å². The molecule has 0 radical (unpaired) electrons. The monoisotopic (exact) mass is 411 g/mol. The van der Waals surface area contributed by atoms with Crippen LogP contribution < -0.4 is 5.14 Å². The highest BCUT2D eigenvalue weighted by atomic mass is 35.5. The number of allylic oxidation sites excluding steroid dienone is 5. The van der Waals surface area contributed by atoms with Crippen molar-refractivity contribution in [2.24, 2.45) is 5.14 Å². The van der Waals surface area contributed by atoms with Gasteiger partial charge in [0.25, 0.3) is 0 Å². The van der Waals surface area contributed by atoms with Crippen LogP contribution in [0.4, 0.5) is 0 Å². The highest BCUT2D eigenvalue weighted by molar-refractivity contribution is 7.97. The third-order valence-corrected chi connectivity index (χ3v) is 5.89. The van der Waals surface area contributed by atoms with Gasteiger partial charge in [0.2, 0.25) is 0 Å². The largest absolute Gasteiger partial charge is 0.274 e. The van der Waals surface area contributed by atoms with Crippen LogP contribution in [0.15, 0.2) is 64.6 Å². The van der Waals surface area contributed by atoms with Gasteiger partial charge in [0.1, 0.15) is 0 Å². The van der Waals surface area contributed by atoms with Gasteiger partial charge in [0, 0.05) is 9.92 Å². The lowest BCUT2D eigenvalue weighted by molar-refractivity contribution is 0.943. The number of aryl methyl sites for hydroxylation is 2. The van der Waals surface area contributed by atoms with Crippen molar-refractivity contribution >= 4 is 35.2 Å². The molecule has 0 fully saturated rings. The molecule has 0 amide bonds. The number of rotatable bonds is 3. The van der Waals surface area contributed by atoms with Crippen molar-refractivity contribution < 1.29 is 0 Å². The van der Waals surface area contributed by atoms with Gasteiger partial charge in [-0.25, -0.2) is 0 Å². The molecule has 0 aliphatic heterocycles. The van der Waals surface area contributed by atoms with Crippen molar-refractivity contribution in [2.75, 3.05) is 0 Å². The fraction of sp³-hybridized carbons (Fsp3) is 0.280. The molecule has 0 saturated carbocycles. The van der Waals surface area contributed by atoms with E-state index in [0.29, 0.717) is 0 Å². The zero-order valence-electron chi connectivity index (χ0n) is 17.5. The summed E-state index contributed by atoms with van der Waals surface area (Å²) in [5.74, 6) is 0. The van der Waals surface area contributed by atoms with E-state index in [2.05, 4.69) is 62.4 Å². The van der Waals surface area contributed by atoms with Crippen LogP contribution >= 0.6 is 23.5 Å². The van der Waals surface area contributed by atoms with Crippen LogP contribution in [0.2, 0.25) is 5.02 Å². The average Bonchev–Trinajstić information content (AvgIpc) is 2.84. The number of halogens is 1. The molecule has 0 aromatic heterocycles. The lowest BCUT2D eigenvalue weighted by Crippen LogP contribution is -1.94. The number of benzene rings is 2. The molecule has 0 heterocycles. The van der Waals surface area contributed by atoms with Gasteiger partial charge in [-0.1, -0.05) is 67.4 Å². The summed E-state index contributed by atoms with van der Waals surface area (Å²) in [6.45, 7) is 10.3. The second-order valence-corrected chi connectivity index (χ2v) is 7.75. The highest BCUT2D eigenvalue weighted by Gasteiger charge is 2.18. The van der Waals surface area contributed by atoms with Crippen molar-refractivity contribution in [3.05, 3.63) is 87.0 Å². The predicted octanol–water partition coefficient (Wildman–Crippen LogP) is 8.02. The molecule has 0 saturated heterocycles. The number of nitrogens with two attached hydrogens (primary N) is 1. The normalized spacial score (nSPS) is 15.3. The topological polar surface area (TPSA) is 26.0 Å². The SMILES string of the molecule is C/C=C\C1=C(C)CCc2ccccc2/C1=C/c1cc(Cl)c(C)cc1SN.CC. The summed E-state index contributed by atoms with van der Waals surface area (Å²) in [6, 6.07) is 12.8. The summed E-state index contributed by atoms with van der Waals surface area (Å²) in [5.41, 5.74) is 8.73. The molecular weight excluding hydrogens is 382 g/mol. The minimum Gasteiger partial charge on any atom is -0.274 e. The zero-order chi connectivity index (χ0) is 20.7. The van der Waals surface area contributed by atoms with E-state index in [1.54, 1.807) is 0 Å². The van der Waals surface area contributed by atoms with Crippen molar-refractivity contribution in [1.29, 1.82) is 0 Å². The van der Waals surface area contributed by atoms with E-state index in [9.17, 15) is 0 Å². The molecule has 28 heavy (non-hydrogen) atoms. The van der Waals surface area contributed by atoms with Crippen LogP contribution in [-0.4, -0.2) is 0 Å². The maximum Gasteiger partial charge on any atom is 0.0441 e. The third-order valence-electron chi connectivity index (χ3n) is 4.88. The highest BCUT2D eigenvalue weighted by Crippen LogP contribution is 2.38. The van der Waals surface area contributed by atoms with Gasteiger partial charge in [-0.2, -0.15) is 0 Å². The number of fused-ring (bicyclic) bond motifs is 1. The van der Waals surface area contributed by atoms with Crippen LogP contribution in [0, 0.1) is 6.92 Å². The molecule has 0 spiro atoms. The second kappa shape index (κ2) is 10.7. The molecule has 148 valence electrons. The standard InChI is InChI=1S/C23H24ClNS.C2H6/c1-4-7-19-15(2)10-11-17-8-5-6-9-20(17)21(19)13-18-14-22(24)16(3)12-23(18)26-25;1-2/h4-9,12-14H,10-11,25H2,1-3H3;1-2H3/b7-4-,21-13+;. The molecule has 2 aromatic rings. The quantitative estimate of drug-likeness (QED) is 0.517. The summed E-state index contributed by atoms with van der Waals surface area (Å²) < 4.78 is 0. The van der Waals surface area contributed by atoms with Gasteiger partial charge >= 0.3 is 0 Å². The van der Waals surface area contributed by atoms with Gasteiger partial charge in [-0.15, -0.1) is 0 Å². The first-order chi connectivity index (χ1) is 13.5. The summed E-state index contributed by atoms with van der Waals surface area (Å²) in [5, 5.41) is 6.71. The Morgan fingerprint density at radius 2 is 1.79 bits per heavy atom. The average molecular weight is 412 g/mol. The van der Waals surface area contributed by atoms with Crippen LogP contribution in [0.5, 0.6) is 0 Å². The Hall–Kier alpha value is -1.74. The number of hydrogen-bond acceptors (Lipinski definition) is 2. The van der Waals surface area contributed by atoms with E-state index in [1.807, 2.05) is 26.8 Å². The first-order valence-electron chi connectivity index (χ1n) is 9.84. The molecule has 3 rings (SSSR count). The molecule has 0 atom stereocenters. The van der Waals surface area contributed by atoms with Crippen molar-refractivity contribution in [1.82, 2.24) is 0 Å². The minimum atomic E-state index is 0.768. The first kappa shape index (κ1) is 22.5. The Morgan fingerprint density at radius 3 is 2.46 bits per heavy atom. The Bertz CT molecular complexity index is 922. The Labute approximate surface area is 179 Å². The molecule has 0 bridgehead atoms. The maximum atomic E-state index is 6.41. The summed E-state index contributed by atoms with van der Waals surface area (Å²) in [7, 11) is 0. The van der Waals surface area contributed by atoms with E-state index in [1.165, 1.54) is 39.8 Å². The Balaban J connectivity index is 0.00000136. The van der Waals surface area contributed by atoms with Crippen LogP contribution in [0.3, 0.4) is 0 Å². The van der Waals surface area contributed by atoms with Crippen LogP contribution in [0.1, 0.15) is 56.4 Å². The predicted molar refractivity (Wildman–Crippen MR) is 128 cm³/mol.